The average molecular weight is 592 g/mol. The van der Waals surface area contributed by atoms with Gasteiger partial charge in [0.25, 0.3) is 11.5 Å². The highest BCUT2D eigenvalue weighted by molar-refractivity contribution is 5.93. The van der Waals surface area contributed by atoms with Crippen molar-refractivity contribution in [2.75, 3.05) is 23.4 Å². The van der Waals surface area contributed by atoms with E-state index in [9.17, 15) is 9.59 Å². The summed E-state index contributed by atoms with van der Waals surface area (Å²) in [5.41, 5.74) is 11.8. The predicted octanol–water partition coefficient (Wildman–Crippen LogP) is 4.41. The Morgan fingerprint density at radius 1 is 1.05 bits per heavy atom. The lowest BCUT2D eigenvalue weighted by atomic mass is 10.1. The fourth-order valence-corrected chi connectivity index (χ4v) is 5.00. The molecular formula is C32H33N9O3. The normalized spacial score (nSPS) is 11.9. The van der Waals surface area contributed by atoms with Crippen molar-refractivity contribution in [3.63, 3.8) is 0 Å². The number of hydrogen-bond acceptors (Lipinski definition) is 10. The number of hydrogen-bond donors (Lipinski definition) is 5. The first-order valence-electron chi connectivity index (χ1n) is 14.1. The van der Waals surface area contributed by atoms with Gasteiger partial charge in [-0.05, 0) is 55.3 Å². The Hall–Kier alpha value is -5.62. The number of carbonyl (C=O) groups excluding carboxylic acids is 1. The first-order chi connectivity index (χ1) is 21.3. The summed E-state index contributed by atoms with van der Waals surface area (Å²) in [5.74, 6) is 0.552. The van der Waals surface area contributed by atoms with Crippen LogP contribution in [0, 0.1) is 6.92 Å². The first kappa shape index (κ1) is 29.9. The molecule has 12 heteroatoms. The third-order valence-electron chi connectivity index (χ3n) is 7.18. The van der Waals surface area contributed by atoms with Crippen molar-refractivity contribution in [2.45, 2.75) is 32.9 Å². The van der Waals surface area contributed by atoms with Gasteiger partial charge in [0.15, 0.2) is 0 Å². The summed E-state index contributed by atoms with van der Waals surface area (Å²) in [4.78, 5) is 44.0. The van der Waals surface area contributed by atoms with Gasteiger partial charge in [-0.3, -0.25) is 24.4 Å². The monoisotopic (exact) mass is 591 g/mol. The highest BCUT2D eigenvalue weighted by Crippen LogP contribution is 2.28. The van der Waals surface area contributed by atoms with E-state index in [1.54, 1.807) is 47.6 Å². The summed E-state index contributed by atoms with van der Waals surface area (Å²) in [6.07, 6.45) is 2.26. The molecule has 0 unspecified atom stereocenters. The van der Waals surface area contributed by atoms with Crippen LogP contribution in [0.2, 0.25) is 0 Å². The van der Waals surface area contributed by atoms with Gasteiger partial charge in [0.1, 0.15) is 11.6 Å². The number of nitrogens with two attached hydrogens (primary N) is 1. The molecule has 3 aromatic carbocycles. The van der Waals surface area contributed by atoms with Crippen LogP contribution < -0.4 is 27.4 Å². The van der Waals surface area contributed by atoms with Gasteiger partial charge in [-0.25, -0.2) is 15.4 Å². The third-order valence-corrected chi connectivity index (χ3v) is 7.18. The van der Waals surface area contributed by atoms with Gasteiger partial charge in [0.05, 0.1) is 33.9 Å². The number of hydroxylamine groups is 1. The van der Waals surface area contributed by atoms with E-state index in [0.717, 1.165) is 5.56 Å². The van der Waals surface area contributed by atoms with E-state index in [0.29, 0.717) is 63.7 Å². The summed E-state index contributed by atoms with van der Waals surface area (Å²) < 4.78 is 1.63. The molecule has 0 aliphatic heterocycles. The van der Waals surface area contributed by atoms with Crippen LogP contribution in [0.25, 0.3) is 16.6 Å². The summed E-state index contributed by atoms with van der Waals surface area (Å²) in [5, 5.41) is 16.1. The number of aliphatic imine (C=N–C) groups is 1. The molecule has 0 spiro atoms. The van der Waals surface area contributed by atoms with E-state index in [2.05, 4.69) is 25.6 Å². The molecule has 2 heterocycles. The van der Waals surface area contributed by atoms with Crippen LogP contribution >= 0.6 is 0 Å². The fourth-order valence-electron chi connectivity index (χ4n) is 5.00. The zero-order valence-electron chi connectivity index (χ0n) is 24.6. The molecule has 6 N–H and O–H groups in total. The molecule has 0 fully saturated rings. The van der Waals surface area contributed by atoms with E-state index < -0.39 is 11.9 Å². The van der Waals surface area contributed by atoms with Gasteiger partial charge in [-0.1, -0.05) is 43.3 Å². The molecule has 0 saturated carbocycles. The van der Waals surface area contributed by atoms with Crippen LogP contribution in [0.3, 0.4) is 0 Å². The number of amides is 1. The molecular weight excluding hydrogens is 558 g/mol. The van der Waals surface area contributed by atoms with Crippen LogP contribution in [0.4, 0.5) is 17.5 Å². The Labute approximate surface area is 253 Å². The standard InChI is InChI=1S/C32H33N9O3/c1-4-24(37-28-23(18-34-3)19(2)36-32(33)39-28)29-38-26-12-8-11-25(27(26)31(43)41(29)22-9-6-5-7-10-22)35-17-20-13-15-21(16-14-20)30(42)40-44/h5-16,18,24,35,44H,4,17H2,1-3H3,(H,40,42)(H3,33,36,37,39)/t24-/m0/s1. The summed E-state index contributed by atoms with van der Waals surface area (Å²) in [6.45, 7) is 4.23. The Morgan fingerprint density at radius 2 is 1.80 bits per heavy atom. The minimum absolute atomic E-state index is 0.127. The lowest BCUT2D eigenvalue weighted by molar-refractivity contribution is 0.0706. The van der Waals surface area contributed by atoms with Crippen molar-refractivity contribution in [2.24, 2.45) is 4.99 Å². The van der Waals surface area contributed by atoms with E-state index >= 15 is 0 Å². The van der Waals surface area contributed by atoms with Crippen molar-refractivity contribution in [3.8, 4) is 5.69 Å². The number of anilines is 3. The predicted molar refractivity (Wildman–Crippen MR) is 172 cm³/mol. The Bertz CT molecular complexity index is 1890. The molecule has 5 rings (SSSR count). The molecule has 0 aliphatic carbocycles. The highest BCUT2D eigenvalue weighted by atomic mass is 16.5. The van der Waals surface area contributed by atoms with Crippen molar-refractivity contribution < 1.29 is 10.0 Å². The van der Waals surface area contributed by atoms with E-state index in [4.69, 9.17) is 15.9 Å². The van der Waals surface area contributed by atoms with Gasteiger partial charge in [-0.2, -0.15) is 4.98 Å². The van der Waals surface area contributed by atoms with Crippen molar-refractivity contribution in [1.82, 2.24) is 25.0 Å². The molecule has 44 heavy (non-hydrogen) atoms. The lowest BCUT2D eigenvalue weighted by Gasteiger charge is -2.23. The summed E-state index contributed by atoms with van der Waals surface area (Å²) in [7, 11) is 1.67. The average Bonchev–Trinajstić information content (AvgIpc) is 3.04. The number of para-hydroxylation sites is 1. The Kier molecular flexibility index (Phi) is 8.91. The SMILES string of the molecule is CC[C@H](Nc1nc(N)nc(C)c1C=NC)c1nc2cccc(NCc3ccc(C(=O)NO)cc3)c2c(=O)n1-c1ccccc1. The first-order valence-corrected chi connectivity index (χ1v) is 14.1. The molecule has 1 amide bonds. The van der Waals surface area contributed by atoms with Crippen LogP contribution in [0.5, 0.6) is 0 Å². The Morgan fingerprint density at radius 3 is 2.48 bits per heavy atom. The zero-order valence-corrected chi connectivity index (χ0v) is 24.6. The third kappa shape index (κ3) is 6.10. The van der Waals surface area contributed by atoms with Gasteiger partial charge < -0.3 is 16.4 Å². The fraction of sp³-hybridized carbons (Fsp3) is 0.188. The molecule has 224 valence electrons. The molecule has 12 nitrogen and oxygen atoms in total. The lowest BCUT2D eigenvalue weighted by Crippen LogP contribution is -2.29. The molecule has 1 atom stereocenters. The second-order valence-electron chi connectivity index (χ2n) is 10.1. The molecule has 2 aromatic heterocycles. The quantitative estimate of drug-likeness (QED) is 0.0896. The van der Waals surface area contributed by atoms with Crippen LogP contribution in [-0.4, -0.2) is 43.9 Å². The second kappa shape index (κ2) is 13.1. The molecule has 5 aromatic rings. The van der Waals surface area contributed by atoms with E-state index in [-0.39, 0.29) is 11.5 Å². The highest BCUT2D eigenvalue weighted by Gasteiger charge is 2.23. The largest absolute Gasteiger partial charge is 0.380 e. The number of benzene rings is 3. The van der Waals surface area contributed by atoms with Crippen molar-refractivity contribution in [1.29, 1.82) is 0 Å². The number of nitrogen functional groups attached to an aromatic ring is 1. The second-order valence-corrected chi connectivity index (χ2v) is 10.1. The topological polar surface area (TPSA) is 172 Å². The number of carbonyl (C=O) groups is 1. The van der Waals surface area contributed by atoms with Crippen LogP contribution in [-0.2, 0) is 6.54 Å². The maximum Gasteiger partial charge on any atom is 0.274 e. The number of nitrogens with zero attached hydrogens (tertiary/aromatic N) is 5. The molecule has 0 bridgehead atoms. The number of aryl methyl sites for hydroxylation is 1. The number of rotatable bonds is 10. The van der Waals surface area contributed by atoms with Crippen LogP contribution in [0.15, 0.2) is 82.6 Å². The van der Waals surface area contributed by atoms with Crippen molar-refractivity contribution >= 4 is 40.5 Å². The Balaban J connectivity index is 1.60. The number of aromatic nitrogens is 4. The summed E-state index contributed by atoms with van der Waals surface area (Å²) >= 11 is 0. The van der Waals surface area contributed by atoms with E-state index in [1.165, 1.54) is 0 Å². The van der Waals surface area contributed by atoms with Gasteiger partial charge in [-0.15, -0.1) is 0 Å². The maximum absolute atomic E-state index is 14.4. The smallest absolute Gasteiger partial charge is 0.274 e. The van der Waals surface area contributed by atoms with Crippen LogP contribution in [0.1, 0.15) is 52.4 Å². The molecule has 0 radical (unpaired) electrons. The zero-order chi connectivity index (χ0) is 31.2. The van der Waals surface area contributed by atoms with Crippen molar-refractivity contribution in [3.05, 3.63) is 111 Å². The minimum atomic E-state index is -0.588. The van der Waals surface area contributed by atoms with Gasteiger partial charge in [0.2, 0.25) is 5.95 Å². The molecule has 0 saturated heterocycles. The van der Waals surface area contributed by atoms with Gasteiger partial charge >= 0.3 is 0 Å². The summed E-state index contributed by atoms with van der Waals surface area (Å²) in [6, 6.07) is 21.2. The minimum Gasteiger partial charge on any atom is -0.380 e. The number of nitrogens with one attached hydrogen (secondary N) is 3. The number of fused-ring (bicyclic) bond motifs is 1. The molecule has 0 aliphatic rings. The maximum atomic E-state index is 14.4. The van der Waals surface area contributed by atoms with E-state index in [1.807, 2.05) is 62.4 Å². The van der Waals surface area contributed by atoms with Gasteiger partial charge in [0, 0.05) is 31.1 Å².